The van der Waals surface area contributed by atoms with E-state index >= 15 is 0 Å². The Morgan fingerprint density at radius 1 is 0.800 bits per heavy atom. The molecular weight excluding hydrogens is 188 g/mol. The van der Waals surface area contributed by atoms with E-state index in [0.717, 1.165) is 38.8 Å². The maximum atomic E-state index is 6.12. The number of ether oxygens (including phenoxy) is 1. The first-order valence-electron chi connectivity index (χ1n) is 5.93. The normalized spacial score (nSPS) is 13.2. The van der Waals surface area contributed by atoms with Crippen LogP contribution in [0.5, 0.6) is 0 Å². The molecule has 0 amide bonds. The molecular formula is C12H28N2O. The molecule has 0 aliphatic heterocycles. The van der Waals surface area contributed by atoms with Crippen molar-refractivity contribution in [3.63, 3.8) is 0 Å². The summed E-state index contributed by atoms with van der Waals surface area (Å²) in [6.45, 7) is 9.99. The first kappa shape index (κ1) is 14.9. The zero-order valence-corrected chi connectivity index (χ0v) is 10.8. The van der Waals surface area contributed by atoms with Gasteiger partial charge in [0.15, 0.2) is 0 Å². The predicted molar refractivity (Wildman–Crippen MR) is 65.8 cm³/mol. The van der Waals surface area contributed by atoms with Gasteiger partial charge in [0, 0.05) is 0 Å². The Hall–Kier alpha value is -0.120. The van der Waals surface area contributed by atoms with E-state index in [1.54, 1.807) is 0 Å². The van der Waals surface area contributed by atoms with E-state index < -0.39 is 0 Å². The fourth-order valence-electron chi connectivity index (χ4n) is 1.91. The van der Waals surface area contributed by atoms with Crippen molar-refractivity contribution in [1.82, 2.24) is 0 Å². The minimum Gasteiger partial charge on any atom is -0.370 e. The van der Waals surface area contributed by atoms with Crippen LogP contribution in [0.4, 0.5) is 0 Å². The monoisotopic (exact) mass is 216 g/mol. The molecule has 0 aromatic heterocycles. The second kappa shape index (κ2) is 6.46. The van der Waals surface area contributed by atoms with E-state index in [1.165, 1.54) is 0 Å². The summed E-state index contributed by atoms with van der Waals surface area (Å²) in [6.07, 6.45) is 4.05. The summed E-state index contributed by atoms with van der Waals surface area (Å²) in [7, 11) is 0. The Bertz CT molecular complexity index is 149. The number of hydrogen-bond acceptors (Lipinski definition) is 3. The Labute approximate surface area is 94.5 Å². The van der Waals surface area contributed by atoms with Crippen LogP contribution in [0.3, 0.4) is 0 Å². The molecule has 15 heavy (non-hydrogen) atoms. The fourth-order valence-corrected chi connectivity index (χ4v) is 1.91. The lowest BCUT2D eigenvalue weighted by Crippen LogP contribution is -2.37. The first-order valence-corrected chi connectivity index (χ1v) is 5.93. The Morgan fingerprint density at radius 3 is 1.40 bits per heavy atom. The van der Waals surface area contributed by atoms with Crippen molar-refractivity contribution in [1.29, 1.82) is 0 Å². The molecule has 0 radical (unpaired) electrons. The van der Waals surface area contributed by atoms with Crippen LogP contribution in [0, 0.1) is 0 Å². The van der Waals surface area contributed by atoms with Crippen molar-refractivity contribution in [3.8, 4) is 0 Å². The van der Waals surface area contributed by atoms with Gasteiger partial charge in [-0.25, -0.2) is 0 Å². The van der Waals surface area contributed by atoms with Gasteiger partial charge < -0.3 is 16.2 Å². The van der Waals surface area contributed by atoms with Crippen molar-refractivity contribution in [2.24, 2.45) is 11.5 Å². The molecule has 0 saturated carbocycles. The first-order chi connectivity index (χ1) is 6.83. The summed E-state index contributed by atoms with van der Waals surface area (Å²) in [5.41, 5.74) is 10.8. The summed E-state index contributed by atoms with van der Waals surface area (Å²) in [4.78, 5) is 0. The van der Waals surface area contributed by atoms with Crippen LogP contribution < -0.4 is 11.5 Å². The molecule has 4 N–H and O–H groups in total. The molecule has 0 rings (SSSR count). The maximum absolute atomic E-state index is 6.12. The molecule has 0 bridgehead atoms. The average molecular weight is 216 g/mol. The van der Waals surface area contributed by atoms with E-state index in [1.807, 2.05) is 0 Å². The van der Waals surface area contributed by atoms with Gasteiger partial charge in [0.1, 0.15) is 0 Å². The maximum Gasteiger partial charge on any atom is 0.0634 e. The van der Waals surface area contributed by atoms with Crippen LogP contribution >= 0.6 is 0 Å². The molecule has 0 aliphatic rings. The highest BCUT2D eigenvalue weighted by atomic mass is 16.5. The lowest BCUT2D eigenvalue weighted by Gasteiger charge is -2.36. The predicted octanol–water partition coefficient (Wildman–Crippen LogP) is 2.04. The van der Waals surface area contributed by atoms with Gasteiger partial charge in [-0.2, -0.15) is 0 Å². The third kappa shape index (κ3) is 7.77. The molecule has 3 heteroatoms. The van der Waals surface area contributed by atoms with Crippen LogP contribution in [-0.2, 0) is 4.74 Å². The van der Waals surface area contributed by atoms with Crippen molar-refractivity contribution < 1.29 is 4.74 Å². The van der Waals surface area contributed by atoms with Crippen molar-refractivity contribution in [2.45, 2.75) is 64.6 Å². The highest BCUT2D eigenvalue weighted by Crippen LogP contribution is 2.27. The lowest BCUT2D eigenvalue weighted by molar-refractivity contribution is -0.129. The van der Waals surface area contributed by atoms with Gasteiger partial charge >= 0.3 is 0 Å². The number of hydrogen-bond donors (Lipinski definition) is 2. The lowest BCUT2D eigenvalue weighted by atomic mass is 9.97. The molecule has 0 fully saturated rings. The van der Waals surface area contributed by atoms with Gasteiger partial charge in [-0.05, 0) is 66.5 Å². The van der Waals surface area contributed by atoms with Crippen LogP contribution in [0.1, 0.15) is 53.4 Å². The standard InChI is InChI=1S/C12H28N2O/c1-11(2,7-5-9-13)15-12(3,4)8-6-10-14/h5-10,13-14H2,1-4H3. The second-order valence-corrected chi connectivity index (χ2v) is 5.41. The van der Waals surface area contributed by atoms with Crippen LogP contribution in [0.25, 0.3) is 0 Å². The van der Waals surface area contributed by atoms with Gasteiger partial charge in [0.05, 0.1) is 11.2 Å². The van der Waals surface area contributed by atoms with Gasteiger partial charge in [0.25, 0.3) is 0 Å². The zero-order valence-electron chi connectivity index (χ0n) is 10.8. The SMILES string of the molecule is CC(C)(CCCN)OC(C)(C)CCCN. The largest absolute Gasteiger partial charge is 0.370 e. The Morgan fingerprint density at radius 2 is 1.13 bits per heavy atom. The molecule has 92 valence electrons. The highest BCUT2D eigenvalue weighted by molar-refractivity contribution is 4.77. The summed E-state index contributed by atoms with van der Waals surface area (Å²) in [6, 6.07) is 0. The minimum atomic E-state index is -0.0858. The average Bonchev–Trinajstić information content (AvgIpc) is 2.10. The van der Waals surface area contributed by atoms with Crippen LogP contribution in [0.2, 0.25) is 0 Å². The Balaban J connectivity index is 4.04. The molecule has 0 aromatic rings. The quantitative estimate of drug-likeness (QED) is 0.652. The highest BCUT2D eigenvalue weighted by Gasteiger charge is 2.28. The second-order valence-electron chi connectivity index (χ2n) is 5.41. The summed E-state index contributed by atoms with van der Waals surface area (Å²) in [5.74, 6) is 0. The van der Waals surface area contributed by atoms with E-state index in [2.05, 4.69) is 27.7 Å². The molecule has 0 unspecified atom stereocenters. The van der Waals surface area contributed by atoms with E-state index in [4.69, 9.17) is 16.2 Å². The fraction of sp³-hybridized carbons (Fsp3) is 1.00. The van der Waals surface area contributed by atoms with Crippen LogP contribution in [0.15, 0.2) is 0 Å². The van der Waals surface area contributed by atoms with Crippen molar-refractivity contribution >= 4 is 0 Å². The van der Waals surface area contributed by atoms with Gasteiger partial charge in [-0.15, -0.1) is 0 Å². The summed E-state index contributed by atoms with van der Waals surface area (Å²) < 4.78 is 6.12. The van der Waals surface area contributed by atoms with Gasteiger partial charge in [-0.1, -0.05) is 0 Å². The molecule has 0 aromatic carbocycles. The molecule has 0 saturated heterocycles. The smallest absolute Gasteiger partial charge is 0.0634 e. The van der Waals surface area contributed by atoms with E-state index in [-0.39, 0.29) is 11.2 Å². The number of rotatable bonds is 8. The summed E-state index contributed by atoms with van der Waals surface area (Å²) >= 11 is 0. The molecule has 0 aliphatic carbocycles. The van der Waals surface area contributed by atoms with Crippen molar-refractivity contribution in [2.75, 3.05) is 13.1 Å². The van der Waals surface area contributed by atoms with Gasteiger partial charge in [-0.3, -0.25) is 0 Å². The Kier molecular flexibility index (Phi) is 6.41. The van der Waals surface area contributed by atoms with Crippen molar-refractivity contribution in [3.05, 3.63) is 0 Å². The molecule has 0 atom stereocenters. The molecule has 0 spiro atoms. The van der Waals surface area contributed by atoms with E-state index in [0.29, 0.717) is 0 Å². The molecule has 0 heterocycles. The topological polar surface area (TPSA) is 61.3 Å². The number of nitrogens with two attached hydrogens (primary N) is 2. The van der Waals surface area contributed by atoms with Gasteiger partial charge in [0.2, 0.25) is 0 Å². The third-order valence-corrected chi connectivity index (χ3v) is 2.52. The third-order valence-electron chi connectivity index (χ3n) is 2.52. The van der Waals surface area contributed by atoms with E-state index in [9.17, 15) is 0 Å². The zero-order chi connectivity index (χ0) is 11.9. The minimum absolute atomic E-state index is 0.0858. The van der Waals surface area contributed by atoms with Crippen LogP contribution in [-0.4, -0.2) is 24.3 Å². The molecule has 3 nitrogen and oxygen atoms in total. The summed E-state index contributed by atoms with van der Waals surface area (Å²) in [5, 5.41) is 0.